The molecule has 2 atom stereocenters. The number of carbonyl (C=O) groups is 1. The first-order chi connectivity index (χ1) is 16.0. The van der Waals surface area contributed by atoms with Gasteiger partial charge in [0.25, 0.3) is 0 Å². The van der Waals surface area contributed by atoms with Crippen LogP contribution in [-0.2, 0) is 21.2 Å². The van der Waals surface area contributed by atoms with Crippen molar-refractivity contribution in [3.05, 3.63) is 71.8 Å². The van der Waals surface area contributed by atoms with Gasteiger partial charge < -0.3 is 15.2 Å². The van der Waals surface area contributed by atoms with Crippen LogP contribution in [0.4, 0.5) is 0 Å². The van der Waals surface area contributed by atoms with Crippen molar-refractivity contribution in [1.29, 1.82) is 0 Å². The second-order valence-corrected chi connectivity index (χ2v) is 10.9. The summed E-state index contributed by atoms with van der Waals surface area (Å²) in [6, 6.07) is 15.0. The zero-order valence-electron chi connectivity index (χ0n) is 20.6. The molecule has 7 nitrogen and oxygen atoms in total. The molecule has 0 aromatic heterocycles. The van der Waals surface area contributed by atoms with E-state index in [1.165, 1.54) is 29.6 Å². The van der Waals surface area contributed by atoms with Crippen LogP contribution < -0.4 is 10.1 Å². The molecule has 2 rings (SSSR count). The van der Waals surface area contributed by atoms with E-state index in [0.29, 0.717) is 12.2 Å². The molecule has 0 saturated heterocycles. The van der Waals surface area contributed by atoms with Gasteiger partial charge in [-0.05, 0) is 56.0 Å². The molecule has 0 unspecified atom stereocenters. The van der Waals surface area contributed by atoms with Crippen LogP contribution in [0.15, 0.2) is 71.1 Å². The Morgan fingerprint density at radius 3 is 2.21 bits per heavy atom. The molecule has 0 aliphatic rings. The fraction of sp³-hybridized carbons (Fsp3) is 0.423. The van der Waals surface area contributed by atoms with Gasteiger partial charge >= 0.3 is 0 Å². The molecule has 34 heavy (non-hydrogen) atoms. The maximum Gasteiger partial charge on any atom is 0.244 e. The lowest BCUT2D eigenvalue weighted by molar-refractivity contribution is -0.118. The molecule has 0 aliphatic carbocycles. The summed E-state index contributed by atoms with van der Waals surface area (Å²) in [6.07, 6.45) is 0.703. The maximum absolute atomic E-state index is 13.4. The Bertz CT molecular complexity index is 1050. The number of rotatable bonds is 12. The second kappa shape index (κ2) is 12.7. The number of hydrogen-bond acceptors (Lipinski definition) is 5. The van der Waals surface area contributed by atoms with Crippen molar-refractivity contribution in [3.8, 4) is 5.75 Å². The number of allylic oxidation sites excluding steroid dienone is 1. The Morgan fingerprint density at radius 1 is 1.06 bits per heavy atom. The first-order valence-corrected chi connectivity index (χ1v) is 12.8. The van der Waals surface area contributed by atoms with E-state index in [2.05, 4.69) is 5.32 Å². The monoisotopic (exact) mass is 488 g/mol. The third kappa shape index (κ3) is 8.27. The number of carbonyl (C=O) groups excluding carboxylic acids is 1. The number of aliphatic hydroxyl groups excluding tert-OH is 1. The smallest absolute Gasteiger partial charge is 0.244 e. The Balaban J connectivity index is 2.32. The molecular formula is C26H36N2O5S. The quantitative estimate of drug-likeness (QED) is 0.447. The number of benzene rings is 2. The van der Waals surface area contributed by atoms with Gasteiger partial charge in [-0.25, -0.2) is 8.42 Å². The number of aliphatic hydroxyl groups is 1. The second-order valence-electron chi connectivity index (χ2n) is 8.99. The van der Waals surface area contributed by atoms with E-state index in [1.54, 1.807) is 12.1 Å². The summed E-state index contributed by atoms with van der Waals surface area (Å²) in [5.41, 5.74) is 1.76. The first-order valence-electron chi connectivity index (χ1n) is 11.3. The van der Waals surface area contributed by atoms with Crippen molar-refractivity contribution in [2.24, 2.45) is 5.92 Å². The summed E-state index contributed by atoms with van der Waals surface area (Å²) < 4.78 is 33.3. The number of methoxy groups -OCH3 is 1. The third-order valence-corrected chi connectivity index (χ3v) is 7.01. The summed E-state index contributed by atoms with van der Waals surface area (Å²) in [4.78, 5) is 12.6. The number of sulfonamides is 1. The van der Waals surface area contributed by atoms with Gasteiger partial charge in [0.1, 0.15) is 5.75 Å². The van der Waals surface area contributed by atoms with Crippen LogP contribution >= 0.6 is 0 Å². The van der Waals surface area contributed by atoms with Crippen LogP contribution in [0.3, 0.4) is 0 Å². The van der Waals surface area contributed by atoms with Gasteiger partial charge in [-0.15, -0.1) is 0 Å². The standard InChI is InChI=1S/C26H36N2O5S/c1-19(2)15-26(30)27-24(16-21-9-7-6-8-10-21)25(29)18-28(17-20(3)4)34(31,32)23-13-11-22(33-5)12-14-23/h6-15,20,24-25,29H,16-18H2,1-5H3,(H,27,30)/t24-,25+/m0/s1. The van der Waals surface area contributed by atoms with E-state index in [-0.39, 0.29) is 29.8 Å². The Labute approximate surface area is 203 Å². The van der Waals surface area contributed by atoms with Crippen LogP contribution in [-0.4, -0.2) is 56.1 Å². The van der Waals surface area contributed by atoms with Gasteiger partial charge in [-0.1, -0.05) is 49.8 Å². The molecule has 2 aromatic carbocycles. The van der Waals surface area contributed by atoms with E-state index in [0.717, 1.165) is 11.1 Å². The average molecular weight is 489 g/mol. The highest BCUT2D eigenvalue weighted by atomic mass is 32.2. The fourth-order valence-electron chi connectivity index (χ4n) is 3.55. The highest BCUT2D eigenvalue weighted by molar-refractivity contribution is 7.89. The van der Waals surface area contributed by atoms with Gasteiger partial charge in [0.05, 0.1) is 24.2 Å². The minimum Gasteiger partial charge on any atom is -0.497 e. The molecule has 186 valence electrons. The Morgan fingerprint density at radius 2 is 1.68 bits per heavy atom. The molecule has 0 spiro atoms. The Kier molecular flexibility index (Phi) is 10.3. The molecule has 0 aliphatic heterocycles. The highest BCUT2D eigenvalue weighted by Crippen LogP contribution is 2.21. The highest BCUT2D eigenvalue weighted by Gasteiger charge is 2.31. The molecule has 2 N–H and O–H groups in total. The average Bonchev–Trinajstić information content (AvgIpc) is 2.78. The lowest BCUT2D eigenvalue weighted by atomic mass is 10.0. The van der Waals surface area contributed by atoms with Crippen LogP contribution in [0, 0.1) is 5.92 Å². The summed E-state index contributed by atoms with van der Waals surface area (Å²) in [7, 11) is -2.36. The molecule has 0 bridgehead atoms. The van der Waals surface area contributed by atoms with Gasteiger partial charge in [0.15, 0.2) is 0 Å². The van der Waals surface area contributed by atoms with E-state index >= 15 is 0 Å². The summed E-state index contributed by atoms with van der Waals surface area (Å²) >= 11 is 0. The zero-order chi connectivity index (χ0) is 25.3. The van der Waals surface area contributed by atoms with Crippen molar-refractivity contribution in [3.63, 3.8) is 0 Å². The van der Waals surface area contributed by atoms with Gasteiger partial charge in [0, 0.05) is 19.2 Å². The van der Waals surface area contributed by atoms with Crippen molar-refractivity contribution in [1.82, 2.24) is 9.62 Å². The maximum atomic E-state index is 13.4. The molecule has 0 radical (unpaired) electrons. The molecule has 0 heterocycles. The first kappa shape index (κ1) is 27.6. The van der Waals surface area contributed by atoms with Crippen molar-refractivity contribution >= 4 is 15.9 Å². The van der Waals surface area contributed by atoms with Crippen molar-refractivity contribution in [2.45, 2.75) is 51.2 Å². The van der Waals surface area contributed by atoms with Crippen molar-refractivity contribution in [2.75, 3.05) is 20.2 Å². The van der Waals surface area contributed by atoms with E-state index < -0.39 is 22.2 Å². The molecule has 0 saturated carbocycles. The summed E-state index contributed by atoms with van der Waals surface area (Å²) in [6.45, 7) is 7.54. The molecule has 8 heteroatoms. The van der Waals surface area contributed by atoms with E-state index in [9.17, 15) is 18.3 Å². The normalized spacial score (nSPS) is 13.4. The van der Waals surface area contributed by atoms with Crippen LogP contribution in [0.5, 0.6) is 5.75 Å². The molecular weight excluding hydrogens is 452 g/mol. The Hall–Kier alpha value is -2.68. The number of ether oxygens (including phenoxy) is 1. The fourth-order valence-corrected chi connectivity index (χ4v) is 5.17. The van der Waals surface area contributed by atoms with Crippen LogP contribution in [0.2, 0.25) is 0 Å². The van der Waals surface area contributed by atoms with E-state index in [4.69, 9.17) is 4.74 Å². The number of nitrogens with zero attached hydrogens (tertiary/aromatic N) is 1. The predicted molar refractivity (Wildman–Crippen MR) is 134 cm³/mol. The molecule has 1 amide bonds. The largest absolute Gasteiger partial charge is 0.497 e. The van der Waals surface area contributed by atoms with Crippen molar-refractivity contribution < 1.29 is 23.1 Å². The number of nitrogens with one attached hydrogen (secondary N) is 1. The molecule has 2 aromatic rings. The minimum absolute atomic E-state index is 0.0352. The zero-order valence-corrected chi connectivity index (χ0v) is 21.4. The van der Waals surface area contributed by atoms with Gasteiger partial charge in [0.2, 0.25) is 15.9 Å². The lowest BCUT2D eigenvalue weighted by Gasteiger charge is -2.30. The van der Waals surface area contributed by atoms with Gasteiger partial charge in [-0.3, -0.25) is 4.79 Å². The predicted octanol–water partition coefficient (Wildman–Crippen LogP) is 3.40. The molecule has 0 fully saturated rings. The number of hydrogen-bond donors (Lipinski definition) is 2. The topological polar surface area (TPSA) is 95.9 Å². The number of amides is 1. The lowest BCUT2D eigenvalue weighted by Crippen LogP contribution is -2.50. The third-order valence-electron chi connectivity index (χ3n) is 5.17. The van der Waals surface area contributed by atoms with Crippen LogP contribution in [0.1, 0.15) is 33.3 Å². The summed E-state index contributed by atoms with van der Waals surface area (Å²) in [5.74, 6) is 0.265. The summed E-state index contributed by atoms with van der Waals surface area (Å²) in [5, 5.41) is 14.0. The van der Waals surface area contributed by atoms with E-state index in [1.807, 2.05) is 58.0 Å². The van der Waals surface area contributed by atoms with Crippen LogP contribution in [0.25, 0.3) is 0 Å². The van der Waals surface area contributed by atoms with Gasteiger partial charge in [-0.2, -0.15) is 4.31 Å². The minimum atomic E-state index is -3.88. The SMILES string of the molecule is COc1ccc(S(=O)(=O)N(CC(C)C)C[C@@H](O)[C@H](Cc2ccccc2)NC(=O)C=C(C)C)cc1.